The van der Waals surface area contributed by atoms with E-state index < -0.39 is 5.54 Å². The van der Waals surface area contributed by atoms with Crippen molar-refractivity contribution in [3.05, 3.63) is 62.8 Å². The average molecular weight is 346 g/mol. The molecule has 4 heteroatoms. The van der Waals surface area contributed by atoms with E-state index in [0.29, 0.717) is 5.02 Å². The molecule has 0 saturated heterocycles. The molecule has 3 rings (SSSR count). The lowest BCUT2D eigenvalue weighted by atomic mass is 9.88. The third-order valence-corrected chi connectivity index (χ3v) is 5.69. The van der Waals surface area contributed by atoms with Gasteiger partial charge in [-0.05, 0) is 56.3 Å². The predicted octanol–water partition coefficient (Wildman–Crippen LogP) is 5.34. The SMILES string of the molecule is CC1=C(c2cccs2)C(=O)N(C(C)(C)c2cccc(Cl)c2)CC1. The van der Waals surface area contributed by atoms with Crippen LogP contribution in [0.1, 0.15) is 37.6 Å². The van der Waals surface area contributed by atoms with E-state index >= 15 is 0 Å². The van der Waals surface area contributed by atoms with Crippen LogP contribution in [0.4, 0.5) is 0 Å². The van der Waals surface area contributed by atoms with Gasteiger partial charge in [0.2, 0.25) is 0 Å². The first-order chi connectivity index (χ1) is 10.9. The molecular formula is C19H20ClNOS. The van der Waals surface area contributed by atoms with Crippen LogP contribution < -0.4 is 0 Å². The largest absolute Gasteiger partial charge is 0.329 e. The van der Waals surface area contributed by atoms with Gasteiger partial charge >= 0.3 is 0 Å². The smallest absolute Gasteiger partial charge is 0.255 e. The summed E-state index contributed by atoms with van der Waals surface area (Å²) in [6, 6.07) is 11.8. The molecule has 0 atom stereocenters. The van der Waals surface area contributed by atoms with Crippen molar-refractivity contribution in [2.45, 2.75) is 32.7 Å². The Bertz CT molecular complexity index is 761. The Labute approximate surface area is 146 Å². The molecule has 1 aromatic heterocycles. The molecule has 23 heavy (non-hydrogen) atoms. The van der Waals surface area contributed by atoms with Crippen LogP contribution in [0.15, 0.2) is 47.4 Å². The molecule has 1 aliphatic heterocycles. The Kier molecular flexibility index (Phi) is 4.35. The first kappa shape index (κ1) is 16.3. The number of carbonyl (C=O) groups excluding carboxylic acids is 1. The standard InChI is InChI=1S/C19H20ClNOS/c1-13-9-10-21(18(22)17(13)16-8-5-11-23-16)19(2,3)14-6-4-7-15(20)12-14/h4-8,11-12H,9-10H2,1-3H3. The summed E-state index contributed by atoms with van der Waals surface area (Å²) in [5.74, 6) is 0.112. The second-order valence-corrected chi connectivity index (χ2v) is 7.79. The van der Waals surface area contributed by atoms with E-state index in [9.17, 15) is 4.79 Å². The van der Waals surface area contributed by atoms with E-state index in [1.807, 2.05) is 46.7 Å². The summed E-state index contributed by atoms with van der Waals surface area (Å²) in [5, 5.41) is 2.72. The number of carbonyl (C=O) groups is 1. The van der Waals surface area contributed by atoms with Gasteiger partial charge in [-0.2, -0.15) is 0 Å². The third kappa shape index (κ3) is 2.96. The van der Waals surface area contributed by atoms with Gasteiger partial charge in [-0.25, -0.2) is 0 Å². The predicted molar refractivity (Wildman–Crippen MR) is 97.7 cm³/mol. The highest BCUT2D eigenvalue weighted by atomic mass is 35.5. The van der Waals surface area contributed by atoms with Crippen molar-refractivity contribution < 1.29 is 4.79 Å². The second-order valence-electron chi connectivity index (χ2n) is 6.41. The minimum absolute atomic E-state index is 0.112. The summed E-state index contributed by atoms with van der Waals surface area (Å²) >= 11 is 7.77. The highest BCUT2D eigenvalue weighted by Crippen LogP contribution is 2.37. The van der Waals surface area contributed by atoms with E-state index in [4.69, 9.17) is 11.6 Å². The Morgan fingerprint density at radius 1 is 1.22 bits per heavy atom. The summed E-state index contributed by atoms with van der Waals surface area (Å²) in [6.45, 7) is 6.97. The zero-order chi connectivity index (χ0) is 16.6. The molecule has 2 heterocycles. The second kappa shape index (κ2) is 6.14. The molecule has 0 saturated carbocycles. The Hall–Kier alpha value is -1.58. The Balaban J connectivity index is 2.00. The van der Waals surface area contributed by atoms with Gasteiger partial charge in [0.15, 0.2) is 0 Å². The first-order valence-corrected chi connectivity index (χ1v) is 8.98. The quantitative estimate of drug-likeness (QED) is 0.735. The minimum atomic E-state index is -0.398. The zero-order valence-electron chi connectivity index (χ0n) is 13.6. The van der Waals surface area contributed by atoms with Crippen molar-refractivity contribution in [2.24, 2.45) is 0 Å². The maximum atomic E-state index is 13.2. The maximum Gasteiger partial charge on any atom is 0.255 e. The molecule has 120 valence electrons. The third-order valence-electron chi connectivity index (χ3n) is 4.57. The van der Waals surface area contributed by atoms with Crippen LogP contribution in [-0.2, 0) is 10.3 Å². The lowest BCUT2D eigenvalue weighted by Gasteiger charge is -2.42. The molecule has 0 N–H and O–H groups in total. The lowest BCUT2D eigenvalue weighted by Crippen LogP contribution is -2.48. The molecule has 0 bridgehead atoms. The van der Waals surface area contributed by atoms with Crippen LogP contribution in [0.3, 0.4) is 0 Å². The lowest BCUT2D eigenvalue weighted by molar-refractivity contribution is -0.131. The van der Waals surface area contributed by atoms with Crippen molar-refractivity contribution in [3.63, 3.8) is 0 Å². The van der Waals surface area contributed by atoms with Crippen molar-refractivity contribution in [2.75, 3.05) is 6.54 Å². The summed E-state index contributed by atoms with van der Waals surface area (Å²) in [4.78, 5) is 16.2. The maximum absolute atomic E-state index is 13.2. The molecule has 1 aromatic carbocycles. The van der Waals surface area contributed by atoms with Gasteiger partial charge in [-0.1, -0.05) is 35.4 Å². The summed E-state index contributed by atoms with van der Waals surface area (Å²) < 4.78 is 0. The van der Waals surface area contributed by atoms with E-state index in [0.717, 1.165) is 29.0 Å². The average Bonchev–Trinajstić information content (AvgIpc) is 3.01. The number of hydrogen-bond donors (Lipinski definition) is 0. The molecule has 1 aliphatic rings. The van der Waals surface area contributed by atoms with Crippen molar-refractivity contribution in [1.29, 1.82) is 0 Å². The summed E-state index contributed by atoms with van der Waals surface area (Å²) in [6.07, 6.45) is 0.906. The van der Waals surface area contributed by atoms with E-state index in [1.165, 1.54) is 5.57 Å². The fraction of sp³-hybridized carbons (Fsp3) is 0.316. The van der Waals surface area contributed by atoms with Gasteiger partial charge in [0.1, 0.15) is 0 Å². The number of hydrogen-bond acceptors (Lipinski definition) is 2. The molecule has 0 aliphatic carbocycles. The summed E-state index contributed by atoms with van der Waals surface area (Å²) in [7, 11) is 0. The molecule has 0 unspecified atom stereocenters. The minimum Gasteiger partial charge on any atom is -0.329 e. The van der Waals surface area contributed by atoms with Gasteiger partial charge < -0.3 is 4.90 Å². The van der Waals surface area contributed by atoms with Crippen molar-refractivity contribution in [1.82, 2.24) is 4.90 Å². The van der Waals surface area contributed by atoms with Crippen molar-refractivity contribution >= 4 is 34.4 Å². The fourth-order valence-electron chi connectivity index (χ4n) is 3.12. The van der Waals surface area contributed by atoms with E-state index in [2.05, 4.69) is 20.8 Å². The monoisotopic (exact) mass is 345 g/mol. The normalized spacial score (nSPS) is 16.2. The van der Waals surface area contributed by atoms with E-state index in [1.54, 1.807) is 11.3 Å². The van der Waals surface area contributed by atoms with Gasteiger partial charge in [-0.3, -0.25) is 4.79 Å². The summed E-state index contributed by atoms with van der Waals surface area (Å²) in [5.41, 5.74) is 2.70. The topological polar surface area (TPSA) is 20.3 Å². The molecular weight excluding hydrogens is 326 g/mol. The number of thiophene rings is 1. The number of amides is 1. The van der Waals surface area contributed by atoms with Crippen LogP contribution in [0, 0.1) is 0 Å². The Morgan fingerprint density at radius 3 is 2.65 bits per heavy atom. The van der Waals surface area contributed by atoms with Gasteiger partial charge in [-0.15, -0.1) is 11.3 Å². The highest BCUT2D eigenvalue weighted by Gasteiger charge is 2.37. The Morgan fingerprint density at radius 2 is 2.00 bits per heavy atom. The van der Waals surface area contributed by atoms with E-state index in [-0.39, 0.29) is 5.91 Å². The number of rotatable bonds is 3. The number of nitrogens with zero attached hydrogens (tertiary/aromatic N) is 1. The first-order valence-electron chi connectivity index (χ1n) is 7.73. The fourth-order valence-corrected chi connectivity index (χ4v) is 4.15. The van der Waals surface area contributed by atoms with Crippen molar-refractivity contribution in [3.8, 4) is 0 Å². The van der Waals surface area contributed by atoms with Crippen LogP contribution >= 0.6 is 22.9 Å². The molecule has 0 fully saturated rings. The number of benzene rings is 1. The highest BCUT2D eigenvalue weighted by molar-refractivity contribution is 7.11. The van der Waals surface area contributed by atoms with Crippen LogP contribution in [0.5, 0.6) is 0 Å². The van der Waals surface area contributed by atoms with Crippen LogP contribution in [0.2, 0.25) is 5.02 Å². The molecule has 0 radical (unpaired) electrons. The van der Waals surface area contributed by atoms with Crippen LogP contribution in [0.25, 0.3) is 5.57 Å². The number of halogens is 1. The van der Waals surface area contributed by atoms with Gasteiger partial charge in [0, 0.05) is 16.4 Å². The molecule has 0 spiro atoms. The van der Waals surface area contributed by atoms with Gasteiger partial charge in [0.25, 0.3) is 5.91 Å². The van der Waals surface area contributed by atoms with Crippen LogP contribution in [-0.4, -0.2) is 17.4 Å². The molecule has 2 aromatic rings. The molecule has 1 amide bonds. The zero-order valence-corrected chi connectivity index (χ0v) is 15.2. The van der Waals surface area contributed by atoms with Gasteiger partial charge in [0.05, 0.1) is 11.1 Å². The molecule has 2 nitrogen and oxygen atoms in total.